The van der Waals surface area contributed by atoms with E-state index in [1.165, 1.54) is 0 Å². The highest BCUT2D eigenvalue weighted by Gasteiger charge is 2.20. The number of aliphatic hydroxyl groups is 1. The highest BCUT2D eigenvalue weighted by Crippen LogP contribution is 2.19. The van der Waals surface area contributed by atoms with E-state index < -0.39 is 6.23 Å². The first-order chi connectivity index (χ1) is 15.8. The van der Waals surface area contributed by atoms with Crippen LogP contribution in [0.2, 0.25) is 0 Å². The summed E-state index contributed by atoms with van der Waals surface area (Å²) in [5.74, 6) is 1.83. The maximum atomic E-state index is 10.6. The van der Waals surface area contributed by atoms with Gasteiger partial charge in [0, 0.05) is 6.54 Å². The molecule has 0 radical (unpaired) electrons. The lowest BCUT2D eigenvalue weighted by atomic mass is 10.1. The number of hydrogen-bond acceptors (Lipinski definition) is 5. The van der Waals surface area contributed by atoms with E-state index in [0.29, 0.717) is 23.3 Å². The molecule has 3 atom stereocenters. The van der Waals surface area contributed by atoms with Gasteiger partial charge in [-0.3, -0.25) is 5.32 Å². The molecule has 2 N–H and O–H groups in total. The topological polar surface area (TPSA) is 60.0 Å². The van der Waals surface area contributed by atoms with Crippen molar-refractivity contribution in [2.24, 2.45) is 5.92 Å². The molecule has 0 saturated carbocycles. The molecule has 6 heteroatoms. The Balaban J connectivity index is -0.00000212. The van der Waals surface area contributed by atoms with Crippen LogP contribution in [0.5, 0.6) is 0 Å². The fourth-order valence-electron chi connectivity index (χ4n) is 2.31. The van der Waals surface area contributed by atoms with E-state index in [-0.39, 0.29) is 12.9 Å². The number of hydrogen-bond donors (Lipinski definition) is 2. The predicted molar refractivity (Wildman–Crippen MR) is 142 cm³/mol. The van der Waals surface area contributed by atoms with Gasteiger partial charge in [-0.1, -0.05) is 71.2 Å². The lowest BCUT2D eigenvalue weighted by molar-refractivity contribution is -0.0228. The van der Waals surface area contributed by atoms with Crippen LogP contribution in [0, 0.1) is 18.8 Å². The van der Waals surface area contributed by atoms with Gasteiger partial charge in [0.2, 0.25) is 6.79 Å². The quantitative estimate of drug-likeness (QED) is 0.0792. The SMILES string of the molecule is C#C.C/C=C/OCO/C(C)=C/CCNC(O)C(CCC)OC(/C=C\C(C)CC)=C(/C)Cl.CC. The van der Waals surface area contributed by atoms with Crippen LogP contribution in [-0.2, 0) is 14.2 Å². The van der Waals surface area contributed by atoms with Gasteiger partial charge in [-0.15, -0.1) is 12.8 Å². The molecule has 0 aliphatic heterocycles. The molecule has 0 fully saturated rings. The molecule has 192 valence electrons. The Morgan fingerprint density at radius 3 is 2.33 bits per heavy atom. The fourth-order valence-corrected chi connectivity index (χ4v) is 2.42. The van der Waals surface area contributed by atoms with Crippen molar-refractivity contribution in [3.63, 3.8) is 0 Å². The third-order valence-corrected chi connectivity index (χ3v) is 4.47. The van der Waals surface area contributed by atoms with Gasteiger partial charge in [-0.25, -0.2) is 0 Å². The normalized spacial score (nSPS) is 14.8. The summed E-state index contributed by atoms with van der Waals surface area (Å²) < 4.78 is 16.6. The number of terminal acetylenes is 1. The molecule has 0 rings (SSSR count). The van der Waals surface area contributed by atoms with E-state index in [2.05, 4.69) is 45.0 Å². The lowest BCUT2D eigenvalue weighted by Gasteiger charge is -2.25. The van der Waals surface area contributed by atoms with Crippen molar-refractivity contribution in [2.45, 2.75) is 93.4 Å². The first kappa shape index (κ1) is 35.7. The lowest BCUT2D eigenvalue weighted by Crippen LogP contribution is -2.41. The zero-order valence-electron chi connectivity index (χ0n) is 22.1. The van der Waals surface area contributed by atoms with Crippen LogP contribution < -0.4 is 5.32 Å². The first-order valence-electron chi connectivity index (χ1n) is 11.8. The summed E-state index contributed by atoms with van der Waals surface area (Å²) in [6, 6.07) is 0. The average Bonchev–Trinajstić information content (AvgIpc) is 2.83. The number of allylic oxidation sites excluding steroid dienone is 5. The van der Waals surface area contributed by atoms with Crippen LogP contribution in [0.25, 0.3) is 0 Å². The van der Waals surface area contributed by atoms with Gasteiger partial charge in [-0.05, 0) is 51.7 Å². The number of rotatable bonds is 16. The molecule has 5 nitrogen and oxygen atoms in total. The van der Waals surface area contributed by atoms with Gasteiger partial charge in [0.25, 0.3) is 0 Å². The van der Waals surface area contributed by atoms with Crippen LogP contribution in [0.1, 0.15) is 81.1 Å². The zero-order chi connectivity index (χ0) is 26.1. The summed E-state index contributed by atoms with van der Waals surface area (Å²) in [5.41, 5.74) is 0. The van der Waals surface area contributed by atoms with Gasteiger partial charge in [0.05, 0.1) is 17.1 Å². The molecule has 0 aromatic heterocycles. The smallest absolute Gasteiger partial charge is 0.229 e. The Morgan fingerprint density at radius 2 is 1.82 bits per heavy atom. The van der Waals surface area contributed by atoms with Crippen LogP contribution in [0.3, 0.4) is 0 Å². The molecule has 0 amide bonds. The second kappa shape index (κ2) is 26.4. The summed E-state index contributed by atoms with van der Waals surface area (Å²) >= 11 is 6.21. The summed E-state index contributed by atoms with van der Waals surface area (Å²) in [7, 11) is 0. The maximum absolute atomic E-state index is 10.6. The van der Waals surface area contributed by atoms with Crippen molar-refractivity contribution in [2.75, 3.05) is 13.3 Å². The van der Waals surface area contributed by atoms with E-state index in [1.807, 2.05) is 39.8 Å². The van der Waals surface area contributed by atoms with E-state index in [4.69, 9.17) is 25.8 Å². The van der Waals surface area contributed by atoms with E-state index in [9.17, 15) is 5.11 Å². The Morgan fingerprint density at radius 1 is 1.18 bits per heavy atom. The van der Waals surface area contributed by atoms with Crippen molar-refractivity contribution < 1.29 is 19.3 Å². The second-order valence-electron chi connectivity index (χ2n) is 6.99. The number of aliphatic hydroxyl groups excluding tert-OH is 1. The molecule has 0 heterocycles. The Kier molecular flexibility index (Phi) is 28.6. The highest BCUT2D eigenvalue weighted by atomic mass is 35.5. The van der Waals surface area contributed by atoms with Gasteiger partial charge in [0.1, 0.15) is 18.1 Å². The van der Waals surface area contributed by atoms with Gasteiger partial charge in [0.15, 0.2) is 0 Å². The average molecular weight is 486 g/mol. The van der Waals surface area contributed by atoms with Crippen molar-refractivity contribution in [1.82, 2.24) is 5.32 Å². The summed E-state index contributed by atoms with van der Waals surface area (Å²) in [6.45, 7) is 16.7. The summed E-state index contributed by atoms with van der Waals surface area (Å²) in [5, 5.41) is 14.2. The van der Waals surface area contributed by atoms with Crippen LogP contribution in [0.4, 0.5) is 0 Å². The number of halogens is 1. The van der Waals surface area contributed by atoms with Crippen molar-refractivity contribution in [1.29, 1.82) is 0 Å². The maximum Gasteiger partial charge on any atom is 0.229 e. The molecule has 0 aliphatic carbocycles. The minimum absolute atomic E-state index is 0.187. The van der Waals surface area contributed by atoms with Crippen LogP contribution in [0.15, 0.2) is 47.1 Å². The molecule has 0 saturated heterocycles. The second-order valence-corrected chi connectivity index (χ2v) is 7.55. The van der Waals surface area contributed by atoms with Gasteiger partial charge < -0.3 is 19.3 Å². The van der Waals surface area contributed by atoms with Crippen molar-refractivity contribution >= 4 is 11.6 Å². The van der Waals surface area contributed by atoms with E-state index >= 15 is 0 Å². The number of ether oxygens (including phenoxy) is 3. The highest BCUT2D eigenvalue weighted by molar-refractivity contribution is 6.29. The molecule has 0 bridgehead atoms. The van der Waals surface area contributed by atoms with E-state index in [1.54, 1.807) is 19.3 Å². The van der Waals surface area contributed by atoms with Crippen LogP contribution >= 0.6 is 11.6 Å². The van der Waals surface area contributed by atoms with Gasteiger partial charge in [-0.2, -0.15) is 0 Å². The largest absolute Gasteiger partial charge is 0.485 e. The molecule has 0 aromatic carbocycles. The third kappa shape index (κ3) is 21.7. The Labute approximate surface area is 208 Å². The molecule has 0 spiro atoms. The molecule has 0 aromatic rings. The molecule has 33 heavy (non-hydrogen) atoms. The first-order valence-corrected chi connectivity index (χ1v) is 12.2. The van der Waals surface area contributed by atoms with Crippen LogP contribution in [-0.4, -0.2) is 30.8 Å². The minimum Gasteiger partial charge on any atom is -0.485 e. The van der Waals surface area contributed by atoms with Crippen molar-refractivity contribution in [3.8, 4) is 12.8 Å². The molecule has 3 unspecified atom stereocenters. The van der Waals surface area contributed by atoms with E-state index in [0.717, 1.165) is 31.4 Å². The zero-order valence-corrected chi connectivity index (χ0v) is 22.8. The van der Waals surface area contributed by atoms with Gasteiger partial charge >= 0.3 is 0 Å². The standard InChI is InChI=1S/C23H40ClNO4.C2H6.C2H2/c1-7-11-22(29-21(20(6)24)14-13-18(4)9-3)23(26)25-15-10-12-19(5)28-17-27-16-8-2;2*1-2/h8,12-14,16,18,22-23,25-26H,7,9-11,15,17H2,1-6H3;1-2H3;1-2H/b14-13-,16-8+,19-12+,21-20-;;. The fraction of sp³-hybridized carbons (Fsp3) is 0.630. The monoisotopic (exact) mass is 485 g/mol. The molecular weight excluding hydrogens is 438 g/mol. The predicted octanol–water partition coefficient (Wildman–Crippen LogP) is 7.25. The summed E-state index contributed by atoms with van der Waals surface area (Å²) in [6.07, 6.45) is 19.6. The third-order valence-electron chi connectivity index (χ3n) is 4.28. The Bertz CT molecular complexity index is 578. The minimum atomic E-state index is -0.786. The Hall–Kier alpha value is -1.87. The molecular formula is C27H48ClNO4. The number of nitrogens with one attached hydrogen (secondary N) is 1. The summed E-state index contributed by atoms with van der Waals surface area (Å²) in [4.78, 5) is 0. The van der Waals surface area contributed by atoms with Crippen molar-refractivity contribution in [3.05, 3.63) is 47.1 Å². The molecule has 0 aliphatic rings.